The first-order valence-electron chi connectivity index (χ1n) is 10.1. The maximum absolute atomic E-state index is 13.5. The molecule has 0 spiro atoms. The van der Waals surface area contributed by atoms with E-state index in [2.05, 4.69) is 4.98 Å². The number of rotatable bonds is 4. The molecule has 2 aliphatic heterocycles. The summed E-state index contributed by atoms with van der Waals surface area (Å²) in [5.74, 6) is -0.810. The molecule has 4 rings (SSSR count). The molecule has 1 N–H and O–H groups in total. The number of carbonyl (C=O) groups excluding carboxylic acids is 1. The monoisotopic (exact) mass is 503 g/mol. The number of carbonyl (C=O) groups is 1. The smallest absolute Gasteiger partial charge is 0.331 e. The van der Waals surface area contributed by atoms with E-state index >= 15 is 0 Å². The number of aromatic nitrogens is 4. The lowest BCUT2D eigenvalue weighted by Crippen LogP contribution is -2.44. The fraction of sp³-hybridized carbons (Fsp3) is 0.579. The molecule has 2 unspecified atom stereocenters. The fourth-order valence-corrected chi connectivity index (χ4v) is 6.18. The van der Waals surface area contributed by atoms with Gasteiger partial charge < -0.3 is 9.67 Å². The first-order chi connectivity index (χ1) is 15.0. The van der Waals surface area contributed by atoms with E-state index in [0.29, 0.717) is 10.9 Å². The summed E-state index contributed by atoms with van der Waals surface area (Å²) in [5.41, 5.74) is -0.733. The summed E-state index contributed by atoms with van der Waals surface area (Å²) >= 11 is 13.7. The second-order valence-corrected chi connectivity index (χ2v) is 10.1. The number of hydrogen-bond acceptors (Lipinski definition) is 7. The van der Waals surface area contributed by atoms with Crippen LogP contribution >= 0.6 is 35.0 Å². The van der Waals surface area contributed by atoms with Crippen LogP contribution in [0.4, 0.5) is 0 Å². The number of thioether (sulfide) groups is 1. The van der Waals surface area contributed by atoms with Gasteiger partial charge in [0.1, 0.15) is 17.6 Å². The van der Waals surface area contributed by atoms with Crippen LogP contribution in [-0.4, -0.2) is 59.3 Å². The Morgan fingerprint density at radius 3 is 2.56 bits per heavy atom. The van der Waals surface area contributed by atoms with Gasteiger partial charge in [-0.05, 0) is 20.8 Å². The molecule has 1 saturated heterocycles. The zero-order valence-electron chi connectivity index (χ0n) is 17.9. The average molecular weight is 504 g/mol. The molecular weight excluding hydrogens is 481 g/mol. The first kappa shape index (κ1) is 23.4. The van der Waals surface area contributed by atoms with Crippen LogP contribution in [0.25, 0.3) is 0 Å². The van der Waals surface area contributed by atoms with Gasteiger partial charge in [-0.1, -0.05) is 23.2 Å². The van der Waals surface area contributed by atoms with Crippen molar-refractivity contribution in [3.05, 3.63) is 42.5 Å². The van der Waals surface area contributed by atoms with Gasteiger partial charge >= 0.3 is 5.69 Å². The lowest BCUT2D eigenvalue weighted by Gasteiger charge is -2.24. The molecule has 0 aromatic carbocycles. The van der Waals surface area contributed by atoms with Crippen LogP contribution in [0.1, 0.15) is 37.2 Å². The van der Waals surface area contributed by atoms with Crippen LogP contribution in [0, 0.1) is 6.92 Å². The molecule has 3 atom stereocenters. The molecule has 0 radical (unpaired) electrons. The maximum Gasteiger partial charge on any atom is 0.331 e. The number of aliphatic hydroxyl groups excluding tert-OH is 1. The summed E-state index contributed by atoms with van der Waals surface area (Å²) < 4.78 is 4.22. The minimum atomic E-state index is -0.916. The summed E-state index contributed by atoms with van der Waals surface area (Å²) in [5, 5.41) is 11.3. The largest absolute Gasteiger partial charge is 0.389 e. The zero-order chi connectivity index (χ0) is 23.5. The van der Waals surface area contributed by atoms with Gasteiger partial charge in [0, 0.05) is 24.9 Å². The highest BCUT2D eigenvalue weighted by Crippen LogP contribution is 2.46. The molecule has 2 aromatic heterocycles. The lowest BCUT2D eigenvalue weighted by molar-refractivity contribution is -0.170. The van der Waals surface area contributed by atoms with E-state index in [4.69, 9.17) is 28.0 Å². The third kappa shape index (κ3) is 3.69. The van der Waals surface area contributed by atoms with Gasteiger partial charge in [0.25, 0.3) is 11.5 Å². The average Bonchev–Trinajstić information content (AvgIpc) is 3.38. The Kier molecular flexibility index (Phi) is 6.23. The van der Waals surface area contributed by atoms with Gasteiger partial charge in [-0.2, -0.15) is 0 Å². The van der Waals surface area contributed by atoms with Gasteiger partial charge in [0.2, 0.25) is 0 Å². The van der Waals surface area contributed by atoms with E-state index < -0.39 is 34.4 Å². The number of aryl methyl sites for hydroxylation is 1. The maximum atomic E-state index is 13.5. The number of fused-ring (bicyclic) bond motifs is 1. The van der Waals surface area contributed by atoms with Gasteiger partial charge in [-0.25, -0.2) is 14.8 Å². The third-order valence-corrected chi connectivity index (χ3v) is 7.78. The second kappa shape index (κ2) is 8.53. The van der Waals surface area contributed by atoms with Crippen molar-refractivity contribution < 1.29 is 14.7 Å². The Morgan fingerprint density at radius 1 is 1.34 bits per heavy atom. The van der Waals surface area contributed by atoms with Gasteiger partial charge in [0.15, 0.2) is 5.15 Å². The molecular formula is C19H23Cl2N5O5S. The first-order valence-corrected chi connectivity index (χ1v) is 11.7. The predicted octanol–water partition coefficient (Wildman–Crippen LogP) is 1.33. The normalized spacial score (nSPS) is 22.8. The molecule has 1 fully saturated rings. The Labute approximate surface area is 197 Å². The minimum Gasteiger partial charge on any atom is -0.389 e. The molecule has 32 heavy (non-hydrogen) atoms. The molecule has 0 aliphatic carbocycles. The summed E-state index contributed by atoms with van der Waals surface area (Å²) in [4.78, 5) is 49.1. The van der Waals surface area contributed by atoms with E-state index in [-0.39, 0.29) is 41.6 Å². The van der Waals surface area contributed by atoms with Gasteiger partial charge in [-0.15, -0.1) is 11.8 Å². The van der Waals surface area contributed by atoms with Crippen molar-refractivity contribution >= 4 is 40.9 Å². The topological polar surface area (TPSA) is 112 Å². The fourth-order valence-electron chi connectivity index (χ4n) is 4.08. The van der Waals surface area contributed by atoms with Gasteiger partial charge in [-0.3, -0.25) is 23.6 Å². The van der Waals surface area contributed by atoms with E-state index in [1.165, 1.54) is 23.4 Å². The van der Waals surface area contributed by atoms with Crippen LogP contribution in [0.5, 0.6) is 0 Å². The van der Waals surface area contributed by atoms with Crippen LogP contribution in [0.3, 0.4) is 0 Å². The SMILES string of the molecule is Cc1nc(Cl)c(Cl)n1CC1Sc2c(c(=O)n(C)c(=O)n2C(C)C)C1C(=O)N1C[C@H](O)CO1. The van der Waals surface area contributed by atoms with Crippen LogP contribution < -0.4 is 11.2 Å². The third-order valence-electron chi connectivity index (χ3n) is 5.67. The number of halogens is 2. The van der Waals surface area contributed by atoms with Crippen molar-refractivity contribution in [1.82, 2.24) is 23.7 Å². The molecule has 2 aromatic rings. The standard InChI is InChI=1S/C19H23Cl2N5O5S/c1-8(2)26-18-13(16(28)23(4)19(26)30)12(17(29)25-5-10(27)7-31-25)11(32-18)6-24-9(3)22-14(20)15(24)21/h8,10-12,27H,5-7H2,1-4H3/t10-,11?,12?/m0/s1. The van der Waals surface area contributed by atoms with Crippen molar-refractivity contribution in [2.75, 3.05) is 13.2 Å². The van der Waals surface area contributed by atoms with E-state index in [1.807, 2.05) is 13.8 Å². The number of β-amino-alcohol motifs (C(OH)–C–C–N with tert-alkyl or cyclic N) is 1. The predicted molar refractivity (Wildman–Crippen MR) is 119 cm³/mol. The molecule has 4 heterocycles. The lowest BCUT2D eigenvalue weighted by atomic mass is 9.96. The molecule has 1 amide bonds. The van der Waals surface area contributed by atoms with Crippen molar-refractivity contribution in [3.8, 4) is 0 Å². The minimum absolute atomic E-state index is 0.00285. The number of hydroxylamine groups is 2. The van der Waals surface area contributed by atoms with E-state index in [9.17, 15) is 19.5 Å². The highest BCUT2D eigenvalue weighted by Gasteiger charge is 2.47. The Hall–Kier alpha value is -1.79. The Balaban J connectivity index is 1.87. The number of nitrogens with zero attached hydrogens (tertiary/aromatic N) is 5. The van der Waals surface area contributed by atoms with E-state index in [0.717, 1.165) is 9.63 Å². The van der Waals surface area contributed by atoms with Crippen molar-refractivity contribution in [2.45, 2.75) is 55.7 Å². The summed E-state index contributed by atoms with van der Waals surface area (Å²) in [6, 6.07) is -0.233. The van der Waals surface area contributed by atoms with Crippen LogP contribution in [0.2, 0.25) is 10.3 Å². The van der Waals surface area contributed by atoms with Crippen molar-refractivity contribution in [2.24, 2.45) is 7.05 Å². The quantitative estimate of drug-likeness (QED) is 0.626. The van der Waals surface area contributed by atoms with Crippen LogP contribution in [-0.2, 0) is 23.2 Å². The summed E-state index contributed by atoms with van der Waals surface area (Å²) in [6.45, 7) is 5.65. The number of aliphatic hydroxyl groups is 1. The Bertz CT molecular complexity index is 1210. The van der Waals surface area contributed by atoms with Crippen molar-refractivity contribution in [1.29, 1.82) is 0 Å². The Morgan fingerprint density at radius 2 is 2.03 bits per heavy atom. The van der Waals surface area contributed by atoms with Crippen LogP contribution in [0.15, 0.2) is 14.6 Å². The van der Waals surface area contributed by atoms with Crippen molar-refractivity contribution in [3.63, 3.8) is 0 Å². The van der Waals surface area contributed by atoms with E-state index in [1.54, 1.807) is 11.5 Å². The number of amides is 1. The number of imidazole rings is 1. The van der Waals surface area contributed by atoms with Gasteiger partial charge in [0.05, 0.1) is 29.2 Å². The molecule has 0 saturated carbocycles. The zero-order valence-corrected chi connectivity index (χ0v) is 20.2. The number of hydrogen-bond donors (Lipinski definition) is 1. The molecule has 13 heteroatoms. The molecule has 2 aliphatic rings. The summed E-state index contributed by atoms with van der Waals surface area (Å²) in [6.07, 6.45) is -0.803. The molecule has 174 valence electrons. The highest BCUT2D eigenvalue weighted by molar-refractivity contribution is 8.00. The summed E-state index contributed by atoms with van der Waals surface area (Å²) in [7, 11) is 1.40. The highest BCUT2D eigenvalue weighted by atomic mass is 35.5. The second-order valence-electron chi connectivity index (χ2n) is 8.16. The molecule has 10 nitrogen and oxygen atoms in total. The molecule has 0 bridgehead atoms.